The second-order valence-electron chi connectivity index (χ2n) is 6.68. The van der Waals surface area contributed by atoms with Gasteiger partial charge in [0.1, 0.15) is 5.75 Å². The Hall–Kier alpha value is -1.55. The van der Waals surface area contributed by atoms with Crippen molar-refractivity contribution < 1.29 is 10.3 Å². The molecule has 1 spiro atoms. The summed E-state index contributed by atoms with van der Waals surface area (Å²) in [6.07, 6.45) is 2.73. The molecule has 2 aliphatic rings. The van der Waals surface area contributed by atoms with E-state index in [1.54, 1.807) is 0 Å². The Morgan fingerprint density at radius 1 is 1.26 bits per heavy atom. The van der Waals surface area contributed by atoms with Gasteiger partial charge in [-0.15, -0.1) is 0 Å². The number of hydrogen-bond donors (Lipinski definition) is 3. The lowest BCUT2D eigenvalue weighted by Crippen LogP contribution is -2.46. The summed E-state index contributed by atoms with van der Waals surface area (Å²) in [5, 5.41) is 29.8. The van der Waals surface area contributed by atoms with Gasteiger partial charge in [0.05, 0.1) is 11.1 Å². The largest absolute Gasteiger partial charge is 0.507 e. The third-order valence-corrected chi connectivity index (χ3v) is 4.52. The minimum atomic E-state index is -0.458. The normalized spacial score (nSPS) is 20.6. The highest BCUT2D eigenvalue weighted by atomic mass is 16.5. The number of aromatic hydroxyl groups is 1. The summed E-state index contributed by atoms with van der Waals surface area (Å²) in [6, 6.07) is 3.90. The lowest BCUT2D eigenvalue weighted by Gasteiger charge is -2.43. The molecule has 4 nitrogen and oxygen atoms in total. The minimum absolute atomic E-state index is 0.0262. The number of phenols is 1. The molecule has 0 amide bonds. The first-order valence-electron chi connectivity index (χ1n) is 6.74. The van der Waals surface area contributed by atoms with Crippen LogP contribution in [0.4, 0.5) is 0 Å². The molecule has 3 rings (SSSR count). The summed E-state index contributed by atoms with van der Waals surface area (Å²) in [5.41, 5.74) is 1.59. The van der Waals surface area contributed by atoms with Gasteiger partial charge in [-0.25, -0.2) is 5.06 Å². The average molecular weight is 260 g/mol. The highest BCUT2D eigenvalue weighted by molar-refractivity contribution is 6.04. The zero-order valence-corrected chi connectivity index (χ0v) is 11.6. The van der Waals surface area contributed by atoms with Crippen molar-refractivity contribution in [2.75, 3.05) is 0 Å². The molecule has 1 aromatic carbocycles. The number of nitrogens with one attached hydrogen (secondary N) is 1. The molecule has 1 aliphatic carbocycles. The topological polar surface area (TPSA) is 67.5 Å². The van der Waals surface area contributed by atoms with Crippen molar-refractivity contribution in [3.63, 3.8) is 0 Å². The molecular weight excluding hydrogens is 240 g/mol. The molecule has 0 unspecified atom stereocenters. The van der Waals surface area contributed by atoms with Gasteiger partial charge in [0, 0.05) is 5.56 Å². The number of hydroxylamine groups is 2. The van der Waals surface area contributed by atoms with Crippen molar-refractivity contribution in [3.05, 3.63) is 28.8 Å². The fourth-order valence-electron chi connectivity index (χ4n) is 3.25. The quantitative estimate of drug-likeness (QED) is 0.671. The van der Waals surface area contributed by atoms with Crippen LogP contribution in [-0.2, 0) is 11.0 Å². The third-order valence-electron chi connectivity index (χ3n) is 4.52. The molecule has 1 fully saturated rings. The van der Waals surface area contributed by atoms with E-state index in [4.69, 9.17) is 5.41 Å². The molecule has 102 valence electrons. The minimum Gasteiger partial charge on any atom is -0.507 e. The Morgan fingerprint density at radius 2 is 1.89 bits per heavy atom. The van der Waals surface area contributed by atoms with E-state index < -0.39 is 5.54 Å². The van der Waals surface area contributed by atoms with Crippen LogP contribution in [0, 0.1) is 5.41 Å². The summed E-state index contributed by atoms with van der Waals surface area (Å²) in [7, 11) is 0. The molecule has 0 aromatic heterocycles. The summed E-state index contributed by atoms with van der Waals surface area (Å²) in [5.74, 6) is 0.177. The Bertz CT molecular complexity index is 568. The van der Waals surface area contributed by atoms with E-state index in [0.717, 1.165) is 35.5 Å². The van der Waals surface area contributed by atoms with E-state index in [-0.39, 0.29) is 17.0 Å². The summed E-state index contributed by atoms with van der Waals surface area (Å²) >= 11 is 0. The molecule has 19 heavy (non-hydrogen) atoms. The number of fused-ring (bicyclic) bond motifs is 2. The lowest BCUT2D eigenvalue weighted by atomic mass is 9.71. The van der Waals surface area contributed by atoms with Gasteiger partial charge >= 0.3 is 0 Å². The number of hydrogen-bond acceptors (Lipinski definition) is 3. The molecular formula is C15H20N2O2. The van der Waals surface area contributed by atoms with E-state index in [0.29, 0.717) is 5.56 Å². The molecule has 1 heterocycles. The second-order valence-corrected chi connectivity index (χ2v) is 6.68. The Kier molecular flexibility index (Phi) is 2.31. The van der Waals surface area contributed by atoms with E-state index in [9.17, 15) is 10.3 Å². The smallest absolute Gasteiger partial charge is 0.157 e. The first kappa shape index (κ1) is 12.5. The van der Waals surface area contributed by atoms with Crippen LogP contribution >= 0.6 is 0 Å². The lowest BCUT2D eigenvalue weighted by molar-refractivity contribution is -0.138. The molecule has 4 heteroatoms. The van der Waals surface area contributed by atoms with E-state index in [1.165, 1.54) is 0 Å². The zero-order chi connectivity index (χ0) is 14.0. The number of rotatable bonds is 0. The van der Waals surface area contributed by atoms with E-state index in [1.807, 2.05) is 32.9 Å². The van der Waals surface area contributed by atoms with Gasteiger partial charge in [0.2, 0.25) is 0 Å². The molecule has 0 radical (unpaired) electrons. The maximum atomic E-state index is 10.5. The monoisotopic (exact) mass is 260 g/mol. The van der Waals surface area contributed by atoms with Gasteiger partial charge in [0.25, 0.3) is 0 Å². The van der Waals surface area contributed by atoms with Crippen LogP contribution in [-0.4, -0.2) is 21.2 Å². The van der Waals surface area contributed by atoms with Crippen molar-refractivity contribution in [1.29, 1.82) is 5.41 Å². The maximum Gasteiger partial charge on any atom is 0.157 e. The van der Waals surface area contributed by atoms with Crippen molar-refractivity contribution in [2.24, 2.45) is 0 Å². The Morgan fingerprint density at radius 3 is 2.37 bits per heavy atom. The van der Waals surface area contributed by atoms with Crippen molar-refractivity contribution in [3.8, 4) is 5.75 Å². The number of benzene rings is 1. The fourth-order valence-corrected chi connectivity index (χ4v) is 3.25. The van der Waals surface area contributed by atoms with Gasteiger partial charge in [-0.2, -0.15) is 0 Å². The fraction of sp³-hybridized carbons (Fsp3) is 0.533. The SMILES string of the molecule is CC(C)(C)c1ccc2c(c1O)C(=N)N(O)C21CCC1. The van der Waals surface area contributed by atoms with Crippen molar-refractivity contribution in [1.82, 2.24) is 5.06 Å². The first-order valence-corrected chi connectivity index (χ1v) is 6.74. The van der Waals surface area contributed by atoms with Gasteiger partial charge in [0.15, 0.2) is 5.84 Å². The Balaban J connectivity index is 2.23. The zero-order valence-electron chi connectivity index (χ0n) is 11.6. The van der Waals surface area contributed by atoms with Crippen molar-refractivity contribution >= 4 is 5.84 Å². The summed E-state index contributed by atoms with van der Waals surface area (Å²) in [4.78, 5) is 0. The van der Waals surface area contributed by atoms with Crippen LogP contribution in [0.5, 0.6) is 5.75 Å². The highest BCUT2D eigenvalue weighted by Crippen LogP contribution is 2.54. The summed E-state index contributed by atoms with van der Waals surface area (Å²) in [6.45, 7) is 6.09. The number of nitrogens with zero attached hydrogens (tertiary/aromatic N) is 1. The molecule has 3 N–H and O–H groups in total. The van der Waals surface area contributed by atoms with Gasteiger partial charge < -0.3 is 5.11 Å². The second kappa shape index (κ2) is 3.51. The van der Waals surface area contributed by atoms with Crippen LogP contribution in [0.1, 0.15) is 56.7 Å². The average Bonchev–Trinajstić information content (AvgIpc) is 2.47. The highest BCUT2D eigenvalue weighted by Gasteiger charge is 2.53. The molecule has 1 aromatic rings. The van der Waals surface area contributed by atoms with Crippen LogP contribution in [0.3, 0.4) is 0 Å². The first-order chi connectivity index (χ1) is 8.79. The third kappa shape index (κ3) is 1.40. The van der Waals surface area contributed by atoms with Gasteiger partial charge in [-0.3, -0.25) is 10.6 Å². The van der Waals surface area contributed by atoms with E-state index >= 15 is 0 Å². The van der Waals surface area contributed by atoms with E-state index in [2.05, 4.69) is 0 Å². The predicted octanol–water partition coefficient (Wildman–Crippen LogP) is 3.10. The number of phenolic OH excluding ortho intramolecular Hbond substituents is 1. The van der Waals surface area contributed by atoms with Crippen molar-refractivity contribution in [2.45, 2.75) is 51.0 Å². The molecule has 0 atom stereocenters. The van der Waals surface area contributed by atoms with Crippen LogP contribution in [0.25, 0.3) is 0 Å². The van der Waals surface area contributed by atoms with Crippen LogP contribution in [0.2, 0.25) is 0 Å². The van der Waals surface area contributed by atoms with Gasteiger partial charge in [-0.1, -0.05) is 32.9 Å². The predicted molar refractivity (Wildman–Crippen MR) is 72.8 cm³/mol. The molecule has 0 saturated heterocycles. The van der Waals surface area contributed by atoms with Crippen LogP contribution < -0.4 is 0 Å². The molecule has 0 bridgehead atoms. The maximum absolute atomic E-state index is 10.5. The standard InChI is InChI=1S/C15H20N2O2/c1-14(2,3)10-6-5-9-11(12(10)18)13(16)17(19)15(9)7-4-8-15/h5-6,16,18-19H,4,7-8H2,1-3H3. The Labute approximate surface area is 113 Å². The summed E-state index contributed by atoms with van der Waals surface area (Å²) < 4.78 is 0. The molecule has 1 aliphatic heterocycles. The van der Waals surface area contributed by atoms with Gasteiger partial charge in [-0.05, 0) is 30.2 Å². The van der Waals surface area contributed by atoms with Crippen LogP contribution in [0.15, 0.2) is 12.1 Å². The number of amidine groups is 1. The molecule has 1 saturated carbocycles.